The van der Waals surface area contributed by atoms with E-state index in [4.69, 9.17) is 5.73 Å². The average molecular weight is 301 g/mol. The van der Waals surface area contributed by atoms with Crippen LogP contribution in [0.3, 0.4) is 0 Å². The fourth-order valence-electron chi connectivity index (χ4n) is 2.51. The minimum atomic E-state index is -2.85. The minimum absolute atomic E-state index is 0.00246. The summed E-state index contributed by atoms with van der Waals surface area (Å²) in [7, 11) is -2.85. The van der Waals surface area contributed by atoms with Crippen LogP contribution in [0.5, 0.6) is 0 Å². The average Bonchev–Trinajstić information content (AvgIpc) is 2.82. The molecular weight excluding hydrogens is 278 g/mol. The summed E-state index contributed by atoms with van der Waals surface area (Å²) in [6, 6.07) is 2.25. The van der Waals surface area contributed by atoms with Gasteiger partial charge in [0.1, 0.15) is 9.84 Å². The molecule has 0 fully saturated rings. The van der Waals surface area contributed by atoms with E-state index in [-0.39, 0.29) is 17.5 Å². The zero-order valence-electron chi connectivity index (χ0n) is 11.5. The summed E-state index contributed by atoms with van der Waals surface area (Å²) in [4.78, 5) is 2.73. The Morgan fingerprint density at radius 1 is 1.37 bits per heavy atom. The highest BCUT2D eigenvalue weighted by atomic mass is 32.2. The van der Waals surface area contributed by atoms with Crippen molar-refractivity contribution < 1.29 is 8.42 Å². The maximum absolute atomic E-state index is 11.4. The van der Waals surface area contributed by atoms with Crippen molar-refractivity contribution in [3.8, 4) is 0 Å². The topological polar surface area (TPSA) is 60.2 Å². The third-order valence-corrected chi connectivity index (χ3v) is 6.95. The van der Waals surface area contributed by atoms with E-state index in [0.29, 0.717) is 6.42 Å². The van der Waals surface area contributed by atoms with E-state index < -0.39 is 9.84 Å². The van der Waals surface area contributed by atoms with E-state index in [9.17, 15) is 8.42 Å². The van der Waals surface area contributed by atoms with Crippen molar-refractivity contribution >= 4 is 21.2 Å². The number of rotatable bonds is 6. The molecule has 2 rings (SSSR count). The quantitative estimate of drug-likeness (QED) is 0.879. The van der Waals surface area contributed by atoms with Crippen molar-refractivity contribution in [1.29, 1.82) is 0 Å². The SMILES string of the molecule is CCS(=O)(=O)CCCC(N)c1cc2c(s1)CCCC2. The molecule has 108 valence electrons. The molecule has 0 spiro atoms. The summed E-state index contributed by atoms with van der Waals surface area (Å²) in [5.41, 5.74) is 7.67. The second kappa shape index (κ2) is 6.37. The number of hydrogen-bond donors (Lipinski definition) is 1. The van der Waals surface area contributed by atoms with Crippen LogP contribution in [0.25, 0.3) is 0 Å². The van der Waals surface area contributed by atoms with Gasteiger partial charge in [0.05, 0.1) is 5.75 Å². The van der Waals surface area contributed by atoms with Gasteiger partial charge in [-0.15, -0.1) is 11.3 Å². The number of sulfone groups is 1. The maximum atomic E-state index is 11.4. The van der Waals surface area contributed by atoms with E-state index >= 15 is 0 Å². The molecule has 5 heteroatoms. The Balaban J connectivity index is 1.89. The Labute approximate surface area is 120 Å². The number of nitrogens with two attached hydrogens (primary N) is 1. The van der Waals surface area contributed by atoms with E-state index in [1.54, 1.807) is 6.92 Å². The second-order valence-electron chi connectivity index (χ2n) is 5.29. The third-order valence-electron chi connectivity index (χ3n) is 3.79. The Morgan fingerprint density at radius 2 is 2.11 bits per heavy atom. The molecule has 3 nitrogen and oxygen atoms in total. The monoisotopic (exact) mass is 301 g/mol. The van der Waals surface area contributed by atoms with Crippen LogP contribution in [-0.4, -0.2) is 19.9 Å². The first-order valence-corrected chi connectivity index (χ1v) is 9.73. The molecule has 0 saturated carbocycles. The summed E-state index contributed by atoms with van der Waals surface area (Å²) in [5, 5.41) is 0. The molecule has 1 aromatic rings. The second-order valence-corrected chi connectivity index (χ2v) is 8.93. The third kappa shape index (κ3) is 4.04. The lowest BCUT2D eigenvalue weighted by atomic mass is 9.98. The van der Waals surface area contributed by atoms with Crippen molar-refractivity contribution in [2.45, 2.75) is 51.5 Å². The number of aryl methyl sites for hydroxylation is 2. The van der Waals surface area contributed by atoms with Gasteiger partial charge in [0.25, 0.3) is 0 Å². The van der Waals surface area contributed by atoms with Gasteiger partial charge in [0.2, 0.25) is 0 Å². The first-order chi connectivity index (χ1) is 9.02. The maximum Gasteiger partial charge on any atom is 0.150 e. The fraction of sp³-hybridized carbons (Fsp3) is 0.714. The number of fused-ring (bicyclic) bond motifs is 1. The lowest BCUT2D eigenvalue weighted by molar-refractivity contribution is 0.585. The van der Waals surface area contributed by atoms with Crippen LogP contribution in [0.1, 0.15) is 54.0 Å². The van der Waals surface area contributed by atoms with Crippen molar-refractivity contribution in [1.82, 2.24) is 0 Å². The number of thiophene rings is 1. The Kier molecular flexibility index (Phi) is 5.03. The Morgan fingerprint density at radius 3 is 2.79 bits per heavy atom. The van der Waals surface area contributed by atoms with Crippen LogP contribution < -0.4 is 5.73 Å². The summed E-state index contributed by atoms with van der Waals surface area (Å²) >= 11 is 1.83. The van der Waals surface area contributed by atoms with Crippen LogP contribution in [0.2, 0.25) is 0 Å². The zero-order chi connectivity index (χ0) is 13.9. The highest BCUT2D eigenvalue weighted by Gasteiger charge is 2.17. The predicted octanol–water partition coefficient (Wildman–Crippen LogP) is 2.84. The Hall–Kier alpha value is -0.390. The standard InChI is InChI=1S/C14H23NO2S2/c1-2-19(16,17)9-5-7-12(15)14-10-11-6-3-4-8-13(11)18-14/h10,12H,2-9,15H2,1H3. The van der Waals surface area contributed by atoms with E-state index in [0.717, 1.165) is 6.42 Å². The summed E-state index contributed by atoms with van der Waals surface area (Å²) < 4.78 is 22.9. The number of hydrogen-bond acceptors (Lipinski definition) is 4. The van der Waals surface area contributed by atoms with E-state index in [2.05, 4.69) is 6.07 Å². The normalized spacial score (nSPS) is 17.2. The molecule has 1 aromatic heterocycles. The van der Waals surface area contributed by atoms with Gasteiger partial charge in [-0.3, -0.25) is 0 Å². The van der Waals surface area contributed by atoms with Gasteiger partial charge >= 0.3 is 0 Å². The largest absolute Gasteiger partial charge is 0.323 e. The molecular formula is C14H23NO2S2. The highest BCUT2D eigenvalue weighted by molar-refractivity contribution is 7.91. The highest BCUT2D eigenvalue weighted by Crippen LogP contribution is 2.33. The van der Waals surface area contributed by atoms with Crippen LogP contribution >= 0.6 is 11.3 Å². The van der Waals surface area contributed by atoms with E-state index in [1.807, 2.05) is 11.3 Å². The lowest BCUT2D eigenvalue weighted by Crippen LogP contribution is -2.13. The molecule has 1 aliphatic carbocycles. The minimum Gasteiger partial charge on any atom is -0.323 e. The van der Waals surface area contributed by atoms with Gasteiger partial charge in [0.15, 0.2) is 0 Å². The summed E-state index contributed by atoms with van der Waals surface area (Å²) in [5.74, 6) is 0.498. The molecule has 1 aliphatic rings. The van der Waals surface area contributed by atoms with Crippen molar-refractivity contribution in [2.75, 3.05) is 11.5 Å². The first kappa shape index (κ1) is 15.0. The molecule has 0 bridgehead atoms. The molecule has 0 saturated heterocycles. The fourth-order valence-corrected chi connectivity index (χ4v) is 4.69. The Bertz CT molecular complexity index is 496. The van der Waals surface area contributed by atoms with Crippen LogP contribution in [-0.2, 0) is 22.7 Å². The van der Waals surface area contributed by atoms with Crippen molar-refractivity contribution in [3.63, 3.8) is 0 Å². The molecule has 0 aromatic carbocycles. The van der Waals surface area contributed by atoms with Gasteiger partial charge in [-0.25, -0.2) is 8.42 Å². The van der Waals surface area contributed by atoms with Crippen LogP contribution in [0.15, 0.2) is 6.07 Å². The molecule has 1 atom stereocenters. The van der Waals surface area contributed by atoms with Gasteiger partial charge in [-0.2, -0.15) is 0 Å². The van der Waals surface area contributed by atoms with Crippen LogP contribution in [0.4, 0.5) is 0 Å². The van der Waals surface area contributed by atoms with Crippen molar-refractivity contribution in [3.05, 3.63) is 21.4 Å². The van der Waals surface area contributed by atoms with Crippen LogP contribution in [0, 0.1) is 0 Å². The lowest BCUT2D eigenvalue weighted by Gasteiger charge is -2.09. The van der Waals surface area contributed by atoms with Gasteiger partial charge in [0, 0.05) is 21.5 Å². The predicted molar refractivity (Wildman–Crippen MR) is 81.5 cm³/mol. The van der Waals surface area contributed by atoms with Gasteiger partial charge in [-0.05, 0) is 50.2 Å². The van der Waals surface area contributed by atoms with Gasteiger partial charge in [-0.1, -0.05) is 6.92 Å². The summed E-state index contributed by atoms with van der Waals surface area (Å²) in [6.45, 7) is 1.70. The molecule has 0 radical (unpaired) electrons. The molecule has 2 N–H and O–H groups in total. The molecule has 0 aliphatic heterocycles. The molecule has 1 heterocycles. The molecule has 19 heavy (non-hydrogen) atoms. The smallest absolute Gasteiger partial charge is 0.150 e. The zero-order valence-corrected chi connectivity index (χ0v) is 13.2. The molecule has 1 unspecified atom stereocenters. The van der Waals surface area contributed by atoms with E-state index in [1.165, 1.54) is 41.0 Å². The first-order valence-electron chi connectivity index (χ1n) is 7.09. The van der Waals surface area contributed by atoms with Gasteiger partial charge < -0.3 is 5.73 Å². The summed E-state index contributed by atoms with van der Waals surface area (Å²) in [6.07, 6.45) is 6.38. The van der Waals surface area contributed by atoms with Crippen molar-refractivity contribution in [2.24, 2.45) is 5.73 Å². The molecule has 0 amide bonds.